The number of hydrogen-bond acceptors (Lipinski definition) is 10. The van der Waals surface area contributed by atoms with Crippen molar-refractivity contribution in [3.63, 3.8) is 0 Å². The maximum absolute atomic E-state index is 13.6. The van der Waals surface area contributed by atoms with E-state index in [4.69, 9.17) is 19.0 Å². The van der Waals surface area contributed by atoms with Crippen molar-refractivity contribution >= 4 is 23.6 Å². The van der Waals surface area contributed by atoms with Gasteiger partial charge in [-0.05, 0) is 43.4 Å². The predicted molar refractivity (Wildman–Crippen MR) is 179 cm³/mol. The number of fused-ring (bicyclic) bond motifs is 4. The molecule has 0 radical (unpaired) electrons. The Kier molecular flexibility index (Phi) is 10.4. The fraction of sp³-hybridized carbons (Fsp3) is 0.400. The lowest BCUT2D eigenvalue weighted by Gasteiger charge is -2.23. The Labute approximate surface area is 288 Å². The van der Waals surface area contributed by atoms with Crippen molar-refractivity contribution in [1.82, 2.24) is 40.8 Å². The minimum atomic E-state index is -0.897. The summed E-state index contributed by atoms with van der Waals surface area (Å²) in [4.78, 5) is 60.0. The number of aryl methyl sites for hydroxylation is 1. The second kappa shape index (κ2) is 15.2. The van der Waals surface area contributed by atoms with Gasteiger partial charge in [-0.3, -0.25) is 19.2 Å². The summed E-state index contributed by atoms with van der Waals surface area (Å²) in [6, 6.07) is 14.8. The highest BCUT2D eigenvalue weighted by atomic mass is 16.7. The summed E-state index contributed by atoms with van der Waals surface area (Å²) >= 11 is 0. The van der Waals surface area contributed by atoms with E-state index in [9.17, 15) is 19.2 Å². The second-order valence-corrected chi connectivity index (χ2v) is 12.7. The summed E-state index contributed by atoms with van der Waals surface area (Å²) in [5, 5.41) is 17.1. The van der Waals surface area contributed by atoms with Crippen molar-refractivity contribution in [2.45, 2.75) is 65.2 Å². The Bertz CT molecular complexity index is 1850. The molecule has 2 aliphatic heterocycles. The van der Waals surface area contributed by atoms with Crippen LogP contribution in [0.3, 0.4) is 0 Å². The molecule has 50 heavy (non-hydrogen) atoms. The largest absolute Gasteiger partial charge is 0.454 e. The van der Waals surface area contributed by atoms with Crippen LogP contribution in [0.5, 0.6) is 11.5 Å². The van der Waals surface area contributed by atoms with Crippen LogP contribution in [-0.2, 0) is 33.9 Å². The molecule has 2 aromatic heterocycles. The number of carbonyl (C=O) groups excluding carboxylic acids is 4. The van der Waals surface area contributed by atoms with Gasteiger partial charge in [0.25, 0.3) is 5.91 Å². The van der Waals surface area contributed by atoms with Crippen molar-refractivity contribution in [3.05, 3.63) is 77.4 Å². The molecule has 0 saturated heterocycles. The number of amides is 4. The first-order valence-corrected chi connectivity index (χ1v) is 16.6. The van der Waals surface area contributed by atoms with E-state index < -0.39 is 23.9 Å². The van der Waals surface area contributed by atoms with E-state index in [1.54, 1.807) is 11.8 Å². The predicted octanol–water partition coefficient (Wildman–Crippen LogP) is 2.77. The standard InChI is InChI=1S/C35H40N8O7/c1-21(2)15-26-34(46)37-22(3)33-39-32(24-7-5-4-6-8-24)40-43(33)19-30(44)36-13-14-42(18-25-17-27(41-50-25)35(47)38-26)31(45)12-10-23-9-11-28-29(16-23)49-20-48-28/h4-9,11,16-17,21-22,26H,10,12-15,18-20H2,1-3H3,(H,36,44)(H,37,46)(H,38,47)/t22-,26+/m0/s1. The summed E-state index contributed by atoms with van der Waals surface area (Å²) in [5.41, 5.74) is 1.63. The van der Waals surface area contributed by atoms with Crippen LogP contribution in [0.1, 0.15) is 67.3 Å². The SMILES string of the molecule is CC(C)C[C@H]1NC(=O)c2cc(on2)CN(C(=O)CCc2ccc3c(c2)OCO3)CCNC(=O)Cn2nc(-c3ccccc3)nc2[C@H](C)NC1=O. The fourth-order valence-corrected chi connectivity index (χ4v) is 5.82. The number of aromatic nitrogens is 4. The third-order valence-corrected chi connectivity index (χ3v) is 8.36. The van der Waals surface area contributed by atoms with E-state index in [-0.39, 0.29) is 68.6 Å². The van der Waals surface area contributed by atoms with Gasteiger partial charge < -0.3 is 34.8 Å². The molecule has 15 heteroatoms. The molecule has 0 fully saturated rings. The molecule has 262 valence electrons. The van der Waals surface area contributed by atoms with Crippen molar-refractivity contribution in [3.8, 4) is 22.9 Å². The third-order valence-electron chi connectivity index (χ3n) is 8.36. The quantitative estimate of drug-likeness (QED) is 0.273. The lowest BCUT2D eigenvalue weighted by molar-refractivity contribution is -0.132. The van der Waals surface area contributed by atoms with Gasteiger partial charge in [0.1, 0.15) is 18.4 Å². The molecule has 2 atom stereocenters. The summed E-state index contributed by atoms with van der Waals surface area (Å²) in [7, 11) is 0. The lowest BCUT2D eigenvalue weighted by Crippen LogP contribution is -2.48. The average Bonchev–Trinajstić information content (AvgIpc) is 3.86. The zero-order valence-electron chi connectivity index (χ0n) is 28.2. The Morgan fingerprint density at radius 2 is 1.80 bits per heavy atom. The van der Waals surface area contributed by atoms with Crippen molar-refractivity contribution in [2.24, 2.45) is 5.92 Å². The molecule has 4 heterocycles. The third kappa shape index (κ3) is 8.28. The summed E-state index contributed by atoms with van der Waals surface area (Å²) in [6.45, 7) is 5.93. The molecule has 0 spiro atoms. The zero-order valence-corrected chi connectivity index (χ0v) is 28.2. The molecule has 2 aliphatic rings. The van der Waals surface area contributed by atoms with E-state index in [1.165, 1.54) is 10.7 Å². The van der Waals surface area contributed by atoms with Gasteiger partial charge >= 0.3 is 0 Å². The normalized spacial score (nSPS) is 18.5. The second-order valence-electron chi connectivity index (χ2n) is 12.7. The number of hydrogen-bond donors (Lipinski definition) is 3. The highest BCUT2D eigenvalue weighted by Crippen LogP contribution is 2.33. The van der Waals surface area contributed by atoms with Crippen LogP contribution >= 0.6 is 0 Å². The lowest BCUT2D eigenvalue weighted by atomic mass is 10.0. The smallest absolute Gasteiger partial charge is 0.274 e. The number of nitrogens with zero attached hydrogens (tertiary/aromatic N) is 5. The monoisotopic (exact) mass is 684 g/mol. The Balaban J connectivity index is 1.25. The summed E-state index contributed by atoms with van der Waals surface area (Å²) in [5.74, 6) is 0.847. The molecule has 0 unspecified atom stereocenters. The van der Waals surface area contributed by atoms with Gasteiger partial charge in [-0.2, -0.15) is 5.10 Å². The number of benzene rings is 2. The van der Waals surface area contributed by atoms with E-state index in [1.807, 2.05) is 62.4 Å². The Morgan fingerprint density at radius 3 is 2.60 bits per heavy atom. The highest BCUT2D eigenvalue weighted by Gasteiger charge is 2.28. The van der Waals surface area contributed by atoms with Crippen LogP contribution < -0.4 is 25.4 Å². The first-order chi connectivity index (χ1) is 24.1. The van der Waals surface area contributed by atoms with Crippen molar-refractivity contribution in [1.29, 1.82) is 0 Å². The van der Waals surface area contributed by atoms with Gasteiger partial charge in [-0.1, -0.05) is 55.4 Å². The molecule has 0 aliphatic carbocycles. The average molecular weight is 685 g/mol. The number of ether oxygens (including phenoxy) is 2. The van der Waals surface area contributed by atoms with Gasteiger partial charge in [-0.15, -0.1) is 0 Å². The van der Waals surface area contributed by atoms with Crippen molar-refractivity contribution < 1.29 is 33.2 Å². The molecule has 2 aromatic carbocycles. The Hall–Kier alpha value is -5.73. The van der Waals surface area contributed by atoms with Gasteiger partial charge in [-0.25, -0.2) is 9.67 Å². The van der Waals surface area contributed by atoms with Gasteiger partial charge in [0.2, 0.25) is 24.5 Å². The van der Waals surface area contributed by atoms with Gasteiger partial charge in [0.05, 0.1) is 12.6 Å². The molecular weight excluding hydrogens is 644 g/mol. The van der Waals surface area contributed by atoms with Crippen LogP contribution in [0.25, 0.3) is 11.4 Å². The number of carbonyl (C=O) groups is 4. The van der Waals surface area contributed by atoms with Crippen molar-refractivity contribution in [2.75, 3.05) is 19.9 Å². The molecular formula is C35H40N8O7. The minimum Gasteiger partial charge on any atom is -0.454 e. The van der Waals surface area contributed by atoms with Crippen LogP contribution in [0.2, 0.25) is 0 Å². The topological polar surface area (TPSA) is 183 Å². The first kappa shape index (κ1) is 34.1. The van der Waals surface area contributed by atoms with Crippen LogP contribution in [0, 0.1) is 5.92 Å². The Morgan fingerprint density at radius 1 is 1.00 bits per heavy atom. The molecule has 0 saturated carbocycles. The molecule has 6 rings (SSSR count). The van der Waals surface area contributed by atoms with Crippen LogP contribution in [-0.4, -0.2) is 74.4 Å². The van der Waals surface area contributed by atoms with E-state index in [2.05, 4.69) is 26.2 Å². The maximum atomic E-state index is 13.6. The summed E-state index contributed by atoms with van der Waals surface area (Å²) in [6.07, 6.45) is 0.966. The van der Waals surface area contributed by atoms with Crippen LogP contribution in [0.4, 0.5) is 0 Å². The first-order valence-electron chi connectivity index (χ1n) is 16.6. The molecule has 15 nitrogen and oxygen atoms in total. The van der Waals surface area contributed by atoms with E-state index in [0.717, 1.165) is 11.1 Å². The maximum Gasteiger partial charge on any atom is 0.274 e. The molecule has 2 bridgehead atoms. The zero-order chi connectivity index (χ0) is 35.2. The minimum absolute atomic E-state index is 0.0111. The number of rotatable bonds is 6. The fourth-order valence-electron chi connectivity index (χ4n) is 5.82. The van der Waals surface area contributed by atoms with Gasteiger partial charge in [0, 0.05) is 31.1 Å². The highest BCUT2D eigenvalue weighted by molar-refractivity contribution is 5.96. The molecule has 3 N–H and O–H groups in total. The van der Waals surface area contributed by atoms with E-state index >= 15 is 0 Å². The number of nitrogens with one attached hydrogen (secondary N) is 3. The van der Waals surface area contributed by atoms with Gasteiger partial charge in [0.15, 0.2) is 28.8 Å². The summed E-state index contributed by atoms with van der Waals surface area (Å²) < 4.78 is 17.8. The molecule has 4 aromatic rings. The molecule has 4 amide bonds. The van der Waals surface area contributed by atoms with Crippen LogP contribution in [0.15, 0.2) is 59.1 Å². The van der Waals surface area contributed by atoms with E-state index in [0.29, 0.717) is 36.0 Å².